The van der Waals surface area contributed by atoms with E-state index in [4.69, 9.17) is 4.42 Å². The van der Waals surface area contributed by atoms with Crippen molar-refractivity contribution < 1.29 is 9.21 Å². The molecule has 3 heteroatoms. The molecule has 0 N–H and O–H groups in total. The summed E-state index contributed by atoms with van der Waals surface area (Å²) >= 11 is 0. The lowest BCUT2D eigenvalue weighted by Gasteiger charge is -1.96. The molecule has 1 aromatic heterocycles. The Hall–Kier alpha value is -2.16. The molecule has 0 bridgehead atoms. The van der Waals surface area contributed by atoms with Crippen LogP contribution in [0.15, 0.2) is 45.6 Å². The molecule has 1 heterocycles. The summed E-state index contributed by atoms with van der Waals surface area (Å²) < 4.78 is 5.07. The average molecular weight is 200 g/mol. The molecule has 0 aliphatic heterocycles. The molecule has 0 aliphatic rings. The summed E-state index contributed by atoms with van der Waals surface area (Å²) in [5.41, 5.74) is 0.485. The third-order valence-corrected chi connectivity index (χ3v) is 2.02. The Morgan fingerprint density at radius 2 is 2.00 bits per heavy atom. The van der Waals surface area contributed by atoms with E-state index in [9.17, 15) is 9.59 Å². The highest BCUT2D eigenvalue weighted by Crippen LogP contribution is 2.12. The largest absolute Gasteiger partial charge is 0.422 e. The lowest BCUT2D eigenvalue weighted by atomic mass is 10.2. The van der Waals surface area contributed by atoms with Crippen molar-refractivity contribution in [2.45, 2.75) is 0 Å². The zero-order chi connectivity index (χ0) is 10.7. The second-order valence-electron chi connectivity index (χ2n) is 3.02. The number of benzene rings is 1. The molecule has 0 atom stereocenters. The van der Waals surface area contributed by atoms with Crippen molar-refractivity contribution >= 4 is 23.3 Å². The zero-order valence-corrected chi connectivity index (χ0v) is 7.84. The zero-order valence-electron chi connectivity index (χ0n) is 7.84. The number of aldehydes is 1. The van der Waals surface area contributed by atoms with Gasteiger partial charge in [-0.25, -0.2) is 4.79 Å². The molecule has 74 valence electrons. The van der Waals surface area contributed by atoms with Crippen LogP contribution in [-0.4, -0.2) is 6.29 Å². The van der Waals surface area contributed by atoms with Gasteiger partial charge in [-0.2, -0.15) is 0 Å². The van der Waals surface area contributed by atoms with Crippen LogP contribution >= 0.6 is 0 Å². The SMILES string of the molecule is O=CC=Cc1cc2ccccc2oc1=O. The monoisotopic (exact) mass is 200 g/mol. The van der Waals surface area contributed by atoms with E-state index in [1.807, 2.05) is 12.1 Å². The molecule has 0 unspecified atom stereocenters. The Labute approximate surface area is 85.6 Å². The highest BCUT2D eigenvalue weighted by molar-refractivity contribution is 5.80. The van der Waals surface area contributed by atoms with Crippen molar-refractivity contribution in [3.63, 3.8) is 0 Å². The molecular weight excluding hydrogens is 192 g/mol. The minimum Gasteiger partial charge on any atom is -0.422 e. The van der Waals surface area contributed by atoms with Crippen LogP contribution in [0.4, 0.5) is 0 Å². The van der Waals surface area contributed by atoms with E-state index in [-0.39, 0.29) is 0 Å². The summed E-state index contributed by atoms with van der Waals surface area (Å²) in [6.45, 7) is 0. The summed E-state index contributed by atoms with van der Waals surface area (Å²) in [4.78, 5) is 21.5. The topological polar surface area (TPSA) is 47.3 Å². The predicted octanol–water partition coefficient (Wildman–Crippen LogP) is 2.01. The van der Waals surface area contributed by atoms with Crippen molar-refractivity contribution in [3.8, 4) is 0 Å². The van der Waals surface area contributed by atoms with Crippen LogP contribution in [0.3, 0.4) is 0 Å². The van der Waals surface area contributed by atoms with Crippen molar-refractivity contribution in [1.82, 2.24) is 0 Å². The van der Waals surface area contributed by atoms with Gasteiger partial charge in [0.2, 0.25) is 0 Å². The fraction of sp³-hybridized carbons (Fsp3) is 0. The summed E-state index contributed by atoms with van der Waals surface area (Å²) in [6, 6.07) is 8.92. The third kappa shape index (κ3) is 1.86. The first-order valence-electron chi connectivity index (χ1n) is 4.46. The van der Waals surface area contributed by atoms with Crippen LogP contribution in [0, 0.1) is 0 Å². The Morgan fingerprint density at radius 3 is 2.80 bits per heavy atom. The average Bonchev–Trinajstić information content (AvgIpc) is 2.26. The third-order valence-electron chi connectivity index (χ3n) is 2.02. The molecular formula is C12H8O3. The van der Waals surface area contributed by atoms with Crippen LogP contribution in [0.5, 0.6) is 0 Å². The first-order valence-corrected chi connectivity index (χ1v) is 4.46. The molecule has 1 aromatic carbocycles. The van der Waals surface area contributed by atoms with E-state index in [0.717, 1.165) is 5.39 Å². The molecule has 0 radical (unpaired) electrons. The van der Waals surface area contributed by atoms with Gasteiger partial charge in [0.15, 0.2) is 0 Å². The van der Waals surface area contributed by atoms with E-state index in [1.54, 1.807) is 18.2 Å². The number of allylic oxidation sites excluding steroid dienone is 1. The number of hydrogen-bond donors (Lipinski definition) is 0. The van der Waals surface area contributed by atoms with E-state index in [2.05, 4.69) is 0 Å². The molecule has 0 aliphatic carbocycles. The van der Waals surface area contributed by atoms with Crippen molar-refractivity contribution in [1.29, 1.82) is 0 Å². The highest BCUT2D eigenvalue weighted by atomic mass is 16.4. The quantitative estimate of drug-likeness (QED) is 0.423. The first kappa shape index (κ1) is 9.40. The maximum absolute atomic E-state index is 11.4. The maximum atomic E-state index is 11.4. The predicted molar refractivity (Wildman–Crippen MR) is 57.6 cm³/mol. The second kappa shape index (κ2) is 3.92. The number of fused-ring (bicyclic) bond motifs is 1. The fourth-order valence-corrected chi connectivity index (χ4v) is 1.34. The summed E-state index contributed by atoms with van der Waals surface area (Å²) in [6.07, 6.45) is 3.32. The van der Waals surface area contributed by atoms with Crippen molar-refractivity contribution in [3.05, 3.63) is 52.4 Å². The van der Waals surface area contributed by atoms with E-state index in [1.165, 1.54) is 12.2 Å². The summed E-state index contributed by atoms with van der Waals surface area (Å²) in [7, 11) is 0. The van der Waals surface area contributed by atoms with Crippen LogP contribution in [0.2, 0.25) is 0 Å². The van der Waals surface area contributed by atoms with Gasteiger partial charge in [0.05, 0.1) is 5.56 Å². The lowest BCUT2D eigenvalue weighted by Crippen LogP contribution is -2.02. The molecule has 15 heavy (non-hydrogen) atoms. The number of hydrogen-bond acceptors (Lipinski definition) is 3. The summed E-state index contributed by atoms with van der Waals surface area (Å²) in [5, 5.41) is 0.836. The molecule has 0 spiro atoms. The molecule has 0 fully saturated rings. The first-order chi connectivity index (χ1) is 7.31. The summed E-state index contributed by atoms with van der Waals surface area (Å²) in [5.74, 6) is 0. The number of rotatable bonds is 2. The lowest BCUT2D eigenvalue weighted by molar-refractivity contribution is -0.104. The van der Waals surface area contributed by atoms with Gasteiger partial charge in [0.1, 0.15) is 11.9 Å². The van der Waals surface area contributed by atoms with E-state index < -0.39 is 5.63 Å². The van der Waals surface area contributed by atoms with Gasteiger partial charge in [-0.05, 0) is 24.3 Å². The smallest absolute Gasteiger partial charge is 0.343 e. The number of para-hydroxylation sites is 1. The number of carbonyl (C=O) groups is 1. The van der Waals surface area contributed by atoms with E-state index in [0.29, 0.717) is 17.4 Å². The number of carbonyl (C=O) groups excluding carboxylic acids is 1. The van der Waals surface area contributed by atoms with Gasteiger partial charge >= 0.3 is 5.63 Å². The van der Waals surface area contributed by atoms with Gasteiger partial charge in [0.25, 0.3) is 0 Å². The fourth-order valence-electron chi connectivity index (χ4n) is 1.34. The second-order valence-corrected chi connectivity index (χ2v) is 3.02. The molecule has 2 aromatic rings. The van der Waals surface area contributed by atoms with E-state index >= 15 is 0 Å². The Balaban J connectivity index is 2.67. The maximum Gasteiger partial charge on any atom is 0.343 e. The molecule has 0 saturated carbocycles. The molecule has 0 saturated heterocycles. The standard InChI is InChI=1S/C12H8O3/c13-7-3-5-10-8-9-4-1-2-6-11(9)15-12(10)14/h1-8H. The van der Waals surface area contributed by atoms with Gasteiger partial charge < -0.3 is 4.42 Å². The minimum absolute atomic E-state index is 0.376. The van der Waals surface area contributed by atoms with Crippen LogP contribution in [0.25, 0.3) is 17.0 Å². The van der Waals surface area contributed by atoms with Crippen LogP contribution in [0.1, 0.15) is 5.56 Å². The van der Waals surface area contributed by atoms with Gasteiger partial charge in [0, 0.05) is 5.39 Å². The van der Waals surface area contributed by atoms with Gasteiger partial charge in [-0.3, -0.25) is 4.79 Å². The van der Waals surface area contributed by atoms with Crippen LogP contribution in [-0.2, 0) is 4.79 Å². The van der Waals surface area contributed by atoms with Crippen molar-refractivity contribution in [2.75, 3.05) is 0 Å². The Kier molecular flexibility index (Phi) is 2.46. The Morgan fingerprint density at radius 1 is 1.20 bits per heavy atom. The molecule has 3 nitrogen and oxygen atoms in total. The normalized spacial score (nSPS) is 10.9. The van der Waals surface area contributed by atoms with Crippen LogP contribution < -0.4 is 5.63 Å². The minimum atomic E-state index is -0.438. The molecule has 0 amide bonds. The van der Waals surface area contributed by atoms with Gasteiger partial charge in [-0.15, -0.1) is 0 Å². The Bertz CT molecular complexity index is 579. The van der Waals surface area contributed by atoms with Crippen molar-refractivity contribution in [2.24, 2.45) is 0 Å². The highest BCUT2D eigenvalue weighted by Gasteiger charge is 2.00. The van der Waals surface area contributed by atoms with Gasteiger partial charge in [-0.1, -0.05) is 18.2 Å². The molecule has 2 rings (SSSR count).